The van der Waals surface area contributed by atoms with Crippen molar-refractivity contribution in [3.05, 3.63) is 42.4 Å². The lowest BCUT2D eigenvalue weighted by Crippen LogP contribution is -2.33. The van der Waals surface area contributed by atoms with Crippen molar-refractivity contribution in [1.29, 1.82) is 0 Å². The molecule has 162 valence electrons. The van der Waals surface area contributed by atoms with E-state index in [0.717, 1.165) is 6.07 Å². The quantitative estimate of drug-likeness (QED) is 0.582. The minimum absolute atomic E-state index is 0.115. The molecular weight excluding hydrogens is 417 g/mol. The number of carboxylic acid groups (broad SMARTS) is 1. The lowest BCUT2D eigenvalue weighted by Gasteiger charge is -2.15. The van der Waals surface area contributed by atoms with Crippen molar-refractivity contribution in [3.63, 3.8) is 0 Å². The molecule has 4 heterocycles. The molecule has 2 amide bonds. The summed E-state index contributed by atoms with van der Waals surface area (Å²) in [5.41, 5.74) is 5.46. The van der Waals surface area contributed by atoms with Gasteiger partial charge in [-0.1, -0.05) is 0 Å². The van der Waals surface area contributed by atoms with E-state index in [0.29, 0.717) is 24.2 Å². The van der Waals surface area contributed by atoms with Gasteiger partial charge in [0.2, 0.25) is 0 Å². The second-order valence-electron chi connectivity index (χ2n) is 7.16. The van der Waals surface area contributed by atoms with Gasteiger partial charge in [-0.3, -0.25) is 10.1 Å². The van der Waals surface area contributed by atoms with Gasteiger partial charge in [-0.05, 0) is 24.6 Å². The second kappa shape index (κ2) is 7.45. The van der Waals surface area contributed by atoms with Crippen LogP contribution in [0.3, 0.4) is 0 Å². The Balaban J connectivity index is 1.55. The van der Waals surface area contributed by atoms with Crippen LogP contribution in [-0.4, -0.2) is 49.5 Å². The zero-order valence-electron chi connectivity index (χ0n) is 15.9. The number of anilines is 2. The first-order valence-electron chi connectivity index (χ1n) is 9.22. The van der Waals surface area contributed by atoms with E-state index >= 15 is 0 Å². The van der Waals surface area contributed by atoms with Crippen LogP contribution in [-0.2, 0) is 11.0 Å². The van der Waals surface area contributed by atoms with E-state index in [2.05, 4.69) is 15.3 Å². The highest BCUT2D eigenvalue weighted by atomic mass is 19.4. The molecule has 31 heavy (non-hydrogen) atoms. The van der Waals surface area contributed by atoms with E-state index in [-0.39, 0.29) is 17.9 Å². The summed E-state index contributed by atoms with van der Waals surface area (Å²) in [4.78, 5) is 32.7. The van der Waals surface area contributed by atoms with Crippen LogP contribution in [0.25, 0.3) is 16.8 Å². The lowest BCUT2D eigenvalue weighted by atomic mass is 10.1. The van der Waals surface area contributed by atoms with E-state index in [1.165, 1.54) is 17.3 Å². The Hall–Kier alpha value is -3.83. The van der Waals surface area contributed by atoms with E-state index in [4.69, 9.17) is 10.8 Å². The molecule has 1 unspecified atom stereocenters. The number of halogens is 3. The number of hydrogen-bond donors (Lipinski definition) is 3. The van der Waals surface area contributed by atoms with Crippen LogP contribution in [0.5, 0.6) is 0 Å². The third-order valence-corrected chi connectivity index (χ3v) is 5.07. The van der Waals surface area contributed by atoms with Gasteiger partial charge in [-0.15, -0.1) is 0 Å². The number of fused-ring (bicyclic) bond motifs is 1. The number of amides is 2. The van der Waals surface area contributed by atoms with Gasteiger partial charge in [0.05, 0.1) is 17.7 Å². The Morgan fingerprint density at radius 3 is 2.68 bits per heavy atom. The maximum atomic E-state index is 13.1. The molecule has 0 bridgehead atoms. The van der Waals surface area contributed by atoms with Crippen molar-refractivity contribution in [1.82, 2.24) is 19.3 Å². The summed E-state index contributed by atoms with van der Waals surface area (Å²) in [6, 6.07) is 3.63. The summed E-state index contributed by atoms with van der Waals surface area (Å²) in [6.45, 7) is 0.441. The number of urea groups is 1. The van der Waals surface area contributed by atoms with Crippen molar-refractivity contribution < 1.29 is 27.9 Å². The third-order valence-electron chi connectivity index (χ3n) is 5.07. The molecule has 4 rings (SSSR count). The van der Waals surface area contributed by atoms with Crippen LogP contribution in [0.15, 0.2) is 36.8 Å². The number of imidazole rings is 1. The number of nitrogens with one attached hydrogen (secondary N) is 1. The zero-order chi connectivity index (χ0) is 22.3. The smallest absolute Gasteiger partial charge is 0.419 e. The maximum absolute atomic E-state index is 13.1. The number of likely N-dealkylation sites (tertiary alicyclic amines) is 1. The Morgan fingerprint density at radius 1 is 1.23 bits per heavy atom. The number of hydrogen-bond acceptors (Lipinski definition) is 5. The average molecular weight is 434 g/mol. The van der Waals surface area contributed by atoms with Crippen molar-refractivity contribution in [3.8, 4) is 11.1 Å². The number of carbonyl (C=O) groups excluding carboxylic acids is 1. The fourth-order valence-corrected chi connectivity index (χ4v) is 3.42. The minimum atomic E-state index is -4.63. The van der Waals surface area contributed by atoms with Gasteiger partial charge in [0, 0.05) is 36.6 Å². The van der Waals surface area contributed by atoms with Crippen molar-refractivity contribution in [2.75, 3.05) is 24.1 Å². The van der Waals surface area contributed by atoms with E-state index < -0.39 is 35.5 Å². The standard InChI is InChI=1S/C19H17F3N6O3/c20-19(21,22)13-5-12(6-24-16(13)23)10-1-2-15-25-14(9-28(15)7-10)26-18(31)27-4-3-11(8-27)17(29)30/h1-2,5-7,9,11H,3-4,8H2,(H2,23,24)(H,26,31)(H,29,30). The largest absolute Gasteiger partial charge is 0.481 e. The van der Waals surface area contributed by atoms with Crippen LogP contribution >= 0.6 is 0 Å². The molecule has 1 atom stereocenters. The van der Waals surface area contributed by atoms with Gasteiger partial charge in [0.15, 0.2) is 5.82 Å². The molecule has 0 aromatic carbocycles. The minimum Gasteiger partial charge on any atom is -0.481 e. The molecule has 0 radical (unpaired) electrons. The maximum Gasteiger partial charge on any atom is 0.419 e. The van der Waals surface area contributed by atoms with Gasteiger partial charge in [0.25, 0.3) is 0 Å². The topological polar surface area (TPSA) is 126 Å². The predicted octanol–water partition coefficient (Wildman–Crippen LogP) is 2.94. The molecule has 9 nitrogen and oxygen atoms in total. The molecule has 1 saturated heterocycles. The summed E-state index contributed by atoms with van der Waals surface area (Å²) in [7, 11) is 0. The number of pyridine rings is 2. The third kappa shape index (κ3) is 4.09. The van der Waals surface area contributed by atoms with Gasteiger partial charge < -0.3 is 20.1 Å². The number of rotatable bonds is 3. The lowest BCUT2D eigenvalue weighted by molar-refractivity contribution is -0.141. The van der Waals surface area contributed by atoms with Crippen LogP contribution in [0.4, 0.5) is 29.6 Å². The molecule has 0 aliphatic carbocycles. The Bertz CT molecular complexity index is 1180. The number of nitrogens with two attached hydrogens (primary N) is 1. The fourth-order valence-electron chi connectivity index (χ4n) is 3.42. The number of aromatic nitrogens is 3. The first kappa shape index (κ1) is 20.4. The summed E-state index contributed by atoms with van der Waals surface area (Å²) in [5.74, 6) is -1.91. The van der Waals surface area contributed by atoms with E-state index in [9.17, 15) is 22.8 Å². The number of aliphatic carboxylic acids is 1. The van der Waals surface area contributed by atoms with E-state index in [1.807, 2.05) is 0 Å². The molecule has 12 heteroatoms. The highest BCUT2D eigenvalue weighted by Crippen LogP contribution is 2.35. The monoisotopic (exact) mass is 434 g/mol. The molecule has 1 aliphatic rings. The van der Waals surface area contributed by atoms with Crippen LogP contribution in [0.1, 0.15) is 12.0 Å². The van der Waals surface area contributed by atoms with Crippen molar-refractivity contribution in [2.45, 2.75) is 12.6 Å². The summed E-state index contributed by atoms with van der Waals surface area (Å²) >= 11 is 0. The van der Waals surface area contributed by atoms with Gasteiger partial charge >= 0.3 is 18.2 Å². The van der Waals surface area contributed by atoms with Crippen molar-refractivity contribution >= 4 is 29.3 Å². The van der Waals surface area contributed by atoms with Gasteiger partial charge in [-0.25, -0.2) is 14.8 Å². The Kier molecular flexibility index (Phi) is 4.91. The van der Waals surface area contributed by atoms with E-state index in [1.54, 1.807) is 22.7 Å². The Labute approximate surface area is 173 Å². The number of nitrogen functional groups attached to an aromatic ring is 1. The van der Waals surface area contributed by atoms with Crippen molar-refractivity contribution in [2.24, 2.45) is 5.92 Å². The fraction of sp³-hybridized carbons (Fsp3) is 0.263. The average Bonchev–Trinajstić information content (AvgIpc) is 3.33. The number of nitrogens with zero attached hydrogens (tertiary/aromatic N) is 4. The Morgan fingerprint density at radius 2 is 2.00 bits per heavy atom. The molecule has 4 N–H and O–H groups in total. The van der Waals surface area contributed by atoms with Gasteiger partial charge in [0.1, 0.15) is 11.5 Å². The SMILES string of the molecule is Nc1ncc(-c2ccc3nc(NC(=O)N4CCC(C(=O)O)C4)cn3c2)cc1C(F)(F)F. The normalized spacial score (nSPS) is 16.6. The highest BCUT2D eigenvalue weighted by Gasteiger charge is 2.34. The number of carboxylic acids is 1. The molecule has 3 aromatic heterocycles. The highest BCUT2D eigenvalue weighted by molar-refractivity contribution is 5.89. The molecule has 0 spiro atoms. The number of carbonyl (C=O) groups is 2. The molecule has 1 fully saturated rings. The number of alkyl halides is 3. The van der Waals surface area contributed by atoms with Crippen LogP contribution in [0.2, 0.25) is 0 Å². The second-order valence-corrected chi connectivity index (χ2v) is 7.16. The van der Waals surface area contributed by atoms with Crippen LogP contribution < -0.4 is 11.1 Å². The molecule has 0 saturated carbocycles. The molecular formula is C19H17F3N6O3. The summed E-state index contributed by atoms with van der Waals surface area (Å²) < 4.78 is 40.9. The molecule has 1 aliphatic heterocycles. The van der Waals surface area contributed by atoms with Crippen LogP contribution in [0, 0.1) is 5.92 Å². The summed E-state index contributed by atoms with van der Waals surface area (Å²) in [6.07, 6.45) is 0.0713. The first-order valence-corrected chi connectivity index (χ1v) is 9.22. The van der Waals surface area contributed by atoms with Gasteiger partial charge in [-0.2, -0.15) is 13.2 Å². The predicted molar refractivity (Wildman–Crippen MR) is 104 cm³/mol. The summed E-state index contributed by atoms with van der Waals surface area (Å²) in [5, 5.41) is 11.7. The molecule has 3 aromatic rings. The zero-order valence-corrected chi connectivity index (χ0v) is 15.9. The first-order chi connectivity index (χ1) is 14.6.